The fraction of sp³-hybridized carbons (Fsp3) is 0.158. The van der Waals surface area contributed by atoms with Gasteiger partial charge in [-0.25, -0.2) is 4.98 Å². The van der Waals surface area contributed by atoms with E-state index in [1.54, 1.807) is 24.4 Å². The van der Waals surface area contributed by atoms with Crippen molar-refractivity contribution in [2.45, 2.75) is 19.4 Å². The number of aryl methyl sites for hydroxylation is 1. The summed E-state index contributed by atoms with van der Waals surface area (Å²) in [4.78, 5) is 16.4. The number of hydrogen-bond donors (Lipinski definition) is 1. The van der Waals surface area contributed by atoms with Gasteiger partial charge in [0, 0.05) is 29.6 Å². The second kappa shape index (κ2) is 8.00. The van der Waals surface area contributed by atoms with Crippen molar-refractivity contribution in [2.24, 2.45) is 0 Å². The van der Waals surface area contributed by atoms with Gasteiger partial charge in [0.2, 0.25) is 5.91 Å². The van der Waals surface area contributed by atoms with Crippen LogP contribution in [0.1, 0.15) is 18.1 Å². The third-order valence-electron chi connectivity index (χ3n) is 4.14. The molecule has 142 valence electrons. The predicted molar refractivity (Wildman–Crippen MR) is 105 cm³/mol. The van der Waals surface area contributed by atoms with Gasteiger partial charge in [-0.1, -0.05) is 29.3 Å². The molecule has 0 aliphatic heterocycles. The molecule has 28 heavy (non-hydrogen) atoms. The molecule has 4 rings (SSSR count). The molecule has 0 fully saturated rings. The lowest BCUT2D eigenvalue weighted by Crippen LogP contribution is -2.24. The Labute approximate surface area is 170 Å². The number of nitrogens with zero attached hydrogens (tertiary/aromatic N) is 4. The number of aromatic nitrogens is 4. The molecule has 1 amide bonds. The van der Waals surface area contributed by atoms with Crippen LogP contribution in [0.5, 0.6) is 0 Å². The number of halogens is 2. The predicted octanol–water partition coefficient (Wildman–Crippen LogP) is 3.94. The zero-order valence-electron chi connectivity index (χ0n) is 14.6. The number of carbonyl (C=O) groups is 1. The normalized spacial score (nSPS) is 11.1. The minimum atomic E-state index is -0.128. The number of pyridine rings is 1. The van der Waals surface area contributed by atoms with Gasteiger partial charge in [-0.05, 0) is 30.3 Å². The molecule has 0 unspecified atom stereocenters. The van der Waals surface area contributed by atoms with Crippen LogP contribution in [0.4, 0.5) is 0 Å². The molecule has 0 bridgehead atoms. The fourth-order valence-electron chi connectivity index (χ4n) is 2.74. The molecular formula is C19H15Cl2N5O2. The molecule has 1 N–H and O–H groups in total. The Bertz CT molecular complexity index is 1140. The smallest absolute Gasteiger partial charge is 0.220 e. The van der Waals surface area contributed by atoms with E-state index in [0.717, 1.165) is 5.65 Å². The summed E-state index contributed by atoms with van der Waals surface area (Å²) in [6.07, 6.45) is 4.06. The van der Waals surface area contributed by atoms with Crippen LogP contribution in [0.3, 0.4) is 0 Å². The molecule has 3 heterocycles. The maximum Gasteiger partial charge on any atom is 0.220 e. The summed E-state index contributed by atoms with van der Waals surface area (Å²) >= 11 is 12.1. The van der Waals surface area contributed by atoms with Crippen molar-refractivity contribution < 1.29 is 9.21 Å². The van der Waals surface area contributed by atoms with E-state index in [-0.39, 0.29) is 12.3 Å². The summed E-state index contributed by atoms with van der Waals surface area (Å²) < 4.78 is 7.53. The third-order valence-corrected chi connectivity index (χ3v) is 4.69. The van der Waals surface area contributed by atoms with Crippen LogP contribution in [-0.2, 0) is 17.8 Å². The van der Waals surface area contributed by atoms with Crippen LogP contribution >= 0.6 is 23.2 Å². The average Bonchev–Trinajstić information content (AvgIpc) is 3.32. The minimum absolute atomic E-state index is 0.128. The van der Waals surface area contributed by atoms with Gasteiger partial charge in [0.05, 0.1) is 17.8 Å². The number of amides is 1. The Balaban J connectivity index is 1.33. The standard InChI is InChI=1S/C19H15Cl2N5O2/c20-12-4-5-13(14(21)9-12)15-10-23-19(28-15)7-6-18(27)22-11-17-25-24-16-3-1-2-8-26(16)17/h1-5,8-10H,6-7,11H2,(H,22,27). The van der Waals surface area contributed by atoms with E-state index in [4.69, 9.17) is 27.6 Å². The number of rotatable bonds is 6. The van der Waals surface area contributed by atoms with Crippen molar-refractivity contribution in [1.29, 1.82) is 0 Å². The molecule has 0 saturated heterocycles. The number of carbonyl (C=O) groups excluding carboxylic acids is 1. The summed E-state index contributed by atoms with van der Waals surface area (Å²) in [7, 11) is 0. The molecule has 1 aromatic carbocycles. The second-order valence-corrected chi connectivity index (χ2v) is 6.91. The average molecular weight is 416 g/mol. The molecule has 0 atom stereocenters. The van der Waals surface area contributed by atoms with Crippen molar-refractivity contribution in [3.63, 3.8) is 0 Å². The summed E-state index contributed by atoms with van der Waals surface area (Å²) in [5, 5.41) is 12.0. The van der Waals surface area contributed by atoms with Crippen molar-refractivity contribution in [3.8, 4) is 11.3 Å². The highest BCUT2D eigenvalue weighted by atomic mass is 35.5. The van der Waals surface area contributed by atoms with Crippen LogP contribution in [0, 0.1) is 0 Å². The van der Waals surface area contributed by atoms with Crippen molar-refractivity contribution >= 4 is 34.8 Å². The van der Waals surface area contributed by atoms with Gasteiger partial charge in [-0.2, -0.15) is 0 Å². The Morgan fingerprint density at radius 2 is 2.07 bits per heavy atom. The van der Waals surface area contributed by atoms with E-state index >= 15 is 0 Å². The molecular weight excluding hydrogens is 401 g/mol. The fourth-order valence-corrected chi connectivity index (χ4v) is 3.24. The lowest BCUT2D eigenvalue weighted by atomic mass is 10.2. The van der Waals surface area contributed by atoms with Gasteiger partial charge in [0.1, 0.15) is 0 Å². The highest BCUT2D eigenvalue weighted by Gasteiger charge is 2.12. The maximum atomic E-state index is 12.1. The second-order valence-electron chi connectivity index (χ2n) is 6.06. The molecule has 9 heteroatoms. The Morgan fingerprint density at radius 3 is 2.93 bits per heavy atom. The zero-order chi connectivity index (χ0) is 19.5. The topological polar surface area (TPSA) is 85.3 Å². The largest absolute Gasteiger partial charge is 0.441 e. The van der Waals surface area contributed by atoms with Crippen LogP contribution < -0.4 is 5.32 Å². The van der Waals surface area contributed by atoms with E-state index in [1.165, 1.54) is 0 Å². The molecule has 0 aliphatic rings. The van der Waals surface area contributed by atoms with Crippen LogP contribution in [0.25, 0.3) is 17.0 Å². The number of nitrogens with one attached hydrogen (secondary N) is 1. The van der Waals surface area contributed by atoms with Crippen molar-refractivity contribution in [2.75, 3.05) is 0 Å². The van der Waals surface area contributed by atoms with Gasteiger partial charge >= 0.3 is 0 Å². The Morgan fingerprint density at radius 1 is 1.18 bits per heavy atom. The summed E-state index contributed by atoms with van der Waals surface area (Å²) in [6.45, 7) is 0.293. The van der Waals surface area contributed by atoms with E-state index in [1.807, 2.05) is 28.8 Å². The van der Waals surface area contributed by atoms with Gasteiger partial charge in [-0.15, -0.1) is 10.2 Å². The van der Waals surface area contributed by atoms with Crippen LogP contribution in [0.15, 0.2) is 53.2 Å². The van der Waals surface area contributed by atoms with E-state index in [9.17, 15) is 4.79 Å². The highest BCUT2D eigenvalue weighted by molar-refractivity contribution is 6.36. The molecule has 3 aromatic heterocycles. The first-order valence-corrected chi connectivity index (χ1v) is 9.31. The lowest BCUT2D eigenvalue weighted by molar-refractivity contribution is -0.121. The SMILES string of the molecule is O=C(CCc1ncc(-c2ccc(Cl)cc2Cl)o1)NCc1nnc2ccccn12. The van der Waals surface area contributed by atoms with Gasteiger partial charge in [0.15, 0.2) is 23.1 Å². The number of hydrogen-bond acceptors (Lipinski definition) is 5. The summed E-state index contributed by atoms with van der Waals surface area (Å²) in [5.74, 6) is 1.53. The van der Waals surface area contributed by atoms with E-state index in [0.29, 0.717) is 46.0 Å². The molecule has 7 nitrogen and oxygen atoms in total. The number of benzene rings is 1. The Kier molecular flexibility index (Phi) is 5.27. The molecule has 0 spiro atoms. The van der Waals surface area contributed by atoms with Crippen molar-refractivity contribution in [3.05, 3.63) is 70.6 Å². The van der Waals surface area contributed by atoms with Crippen LogP contribution in [0.2, 0.25) is 10.0 Å². The van der Waals surface area contributed by atoms with Gasteiger partial charge < -0.3 is 9.73 Å². The van der Waals surface area contributed by atoms with Gasteiger partial charge in [0.25, 0.3) is 0 Å². The third kappa shape index (κ3) is 4.00. The summed E-state index contributed by atoms with van der Waals surface area (Å²) in [6, 6.07) is 10.8. The molecule has 0 radical (unpaired) electrons. The Hall–Kier alpha value is -2.90. The monoisotopic (exact) mass is 415 g/mol. The van der Waals surface area contributed by atoms with Crippen LogP contribution in [-0.4, -0.2) is 25.5 Å². The quantitative estimate of drug-likeness (QED) is 0.515. The number of oxazole rings is 1. The first-order valence-electron chi connectivity index (χ1n) is 8.55. The molecule has 4 aromatic rings. The van der Waals surface area contributed by atoms with Crippen molar-refractivity contribution in [1.82, 2.24) is 24.9 Å². The molecule has 0 saturated carbocycles. The number of fused-ring (bicyclic) bond motifs is 1. The minimum Gasteiger partial charge on any atom is -0.441 e. The van der Waals surface area contributed by atoms with E-state index in [2.05, 4.69) is 20.5 Å². The molecule has 0 aliphatic carbocycles. The first kappa shape index (κ1) is 18.5. The van der Waals surface area contributed by atoms with Gasteiger partial charge in [-0.3, -0.25) is 9.20 Å². The zero-order valence-corrected chi connectivity index (χ0v) is 16.1. The van der Waals surface area contributed by atoms with E-state index < -0.39 is 0 Å². The lowest BCUT2D eigenvalue weighted by Gasteiger charge is -2.03. The first-order chi connectivity index (χ1) is 13.6. The maximum absolute atomic E-state index is 12.1. The highest BCUT2D eigenvalue weighted by Crippen LogP contribution is 2.30. The summed E-state index contributed by atoms with van der Waals surface area (Å²) in [5.41, 5.74) is 1.44.